The maximum Gasteiger partial charge on any atom is 0.123 e. The Bertz CT molecular complexity index is 423. The summed E-state index contributed by atoms with van der Waals surface area (Å²) in [6.07, 6.45) is 0.595. The van der Waals surface area contributed by atoms with E-state index in [9.17, 15) is 9.50 Å². The Morgan fingerprint density at radius 3 is 3.06 bits per heavy atom. The lowest BCUT2D eigenvalue weighted by Gasteiger charge is -2.21. The van der Waals surface area contributed by atoms with Gasteiger partial charge in [0, 0.05) is 25.1 Å². The molecule has 0 aromatic heterocycles. The zero-order valence-electron chi connectivity index (χ0n) is 10.3. The van der Waals surface area contributed by atoms with Crippen LogP contribution in [0.15, 0.2) is 18.2 Å². The van der Waals surface area contributed by atoms with Crippen molar-refractivity contribution in [3.8, 4) is 5.75 Å². The van der Waals surface area contributed by atoms with Crippen molar-refractivity contribution in [3.63, 3.8) is 0 Å². The van der Waals surface area contributed by atoms with E-state index in [0.717, 1.165) is 11.3 Å². The molecule has 0 amide bonds. The van der Waals surface area contributed by atoms with Crippen molar-refractivity contribution in [2.75, 3.05) is 19.7 Å². The number of rotatable bonds is 5. The third kappa shape index (κ3) is 3.19. The van der Waals surface area contributed by atoms with Gasteiger partial charge in [0.05, 0.1) is 12.2 Å². The van der Waals surface area contributed by atoms with Gasteiger partial charge in [-0.1, -0.05) is 0 Å². The van der Waals surface area contributed by atoms with Gasteiger partial charge < -0.3 is 20.3 Å². The Hall–Kier alpha value is -1.17. The van der Waals surface area contributed by atoms with Crippen molar-refractivity contribution < 1.29 is 19.3 Å². The van der Waals surface area contributed by atoms with Crippen molar-refractivity contribution in [2.45, 2.75) is 25.0 Å². The highest BCUT2D eigenvalue weighted by Crippen LogP contribution is 2.28. The lowest BCUT2D eigenvalue weighted by atomic mass is 10.1. The third-order valence-electron chi connectivity index (χ3n) is 2.98. The minimum atomic E-state index is -1.13. The molecular weight excluding hydrogens is 237 g/mol. The van der Waals surface area contributed by atoms with Crippen molar-refractivity contribution >= 4 is 0 Å². The molecule has 0 saturated carbocycles. The van der Waals surface area contributed by atoms with Gasteiger partial charge in [-0.15, -0.1) is 0 Å². The predicted octanol–water partition coefficient (Wildman–Crippen LogP) is 0.462. The van der Waals surface area contributed by atoms with Crippen LogP contribution in [-0.2, 0) is 6.42 Å². The third-order valence-corrected chi connectivity index (χ3v) is 2.98. The monoisotopic (exact) mass is 255 g/mol. The van der Waals surface area contributed by atoms with Gasteiger partial charge in [0.15, 0.2) is 0 Å². The average molecular weight is 255 g/mol. The highest BCUT2D eigenvalue weighted by Gasteiger charge is 2.24. The van der Waals surface area contributed by atoms with E-state index in [1.807, 2.05) is 0 Å². The van der Waals surface area contributed by atoms with E-state index in [2.05, 4.69) is 5.32 Å². The summed E-state index contributed by atoms with van der Waals surface area (Å²) in [5, 5.41) is 21.5. The van der Waals surface area contributed by atoms with Crippen molar-refractivity contribution in [1.82, 2.24) is 5.32 Å². The minimum absolute atomic E-state index is 0.0590. The number of halogens is 1. The van der Waals surface area contributed by atoms with E-state index in [-0.39, 0.29) is 25.1 Å². The Morgan fingerprint density at radius 2 is 2.33 bits per heavy atom. The van der Waals surface area contributed by atoms with Crippen molar-refractivity contribution in [3.05, 3.63) is 29.6 Å². The first kappa shape index (κ1) is 13.3. The molecule has 2 unspecified atom stereocenters. The fraction of sp³-hybridized carbons (Fsp3) is 0.538. The normalized spacial score (nSPS) is 21.2. The van der Waals surface area contributed by atoms with E-state index in [1.165, 1.54) is 12.1 Å². The summed E-state index contributed by atoms with van der Waals surface area (Å²) in [5.74, 6) is 0.464. The molecule has 1 aromatic rings. The molecule has 0 spiro atoms. The molecule has 1 heterocycles. The zero-order chi connectivity index (χ0) is 13.2. The first-order chi connectivity index (χ1) is 8.50. The molecule has 1 aliphatic heterocycles. The maximum atomic E-state index is 13.0. The SMILES string of the molecule is CC(O)(CO)CNCC1Cc2cc(F)ccc2O1. The number of benzene rings is 1. The summed E-state index contributed by atoms with van der Waals surface area (Å²) in [6, 6.07) is 4.50. The standard InChI is InChI=1S/C13H18FNO3/c1-13(17,8-16)7-15-6-11-5-9-4-10(14)2-3-12(9)18-11/h2-4,11,15-17H,5-8H2,1H3. The summed E-state index contributed by atoms with van der Waals surface area (Å²) in [6.45, 7) is 2.09. The Labute approximate surface area is 105 Å². The van der Waals surface area contributed by atoms with Crippen LogP contribution in [-0.4, -0.2) is 41.6 Å². The molecule has 0 radical (unpaired) electrons. The van der Waals surface area contributed by atoms with Crippen molar-refractivity contribution in [2.24, 2.45) is 0 Å². The maximum absolute atomic E-state index is 13.0. The quantitative estimate of drug-likeness (QED) is 0.715. The number of nitrogens with one attached hydrogen (secondary N) is 1. The molecule has 1 aromatic carbocycles. The van der Waals surface area contributed by atoms with Crippen LogP contribution >= 0.6 is 0 Å². The fourth-order valence-electron chi connectivity index (χ4n) is 1.96. The predicted molar refractivity (Wildman–Crippen MR) is 65.1 cm³/mol. The molecule has 0 bridgehead atoms. The largest absolute Gasteiger partial charge is 0.488 e. The molecule has 0 fully saturated rings. The number of aliphatic hydroxyl groups excluding tert-OH is 1. The van der Waals surface area contributed by atoms with Crippen LogP contribution in [0.1, 0.15) is 12.5 Å². The number of fused-ring (bicyclic) bond motifs is 1. The molecule has 5 heteroatoms. The van der Waals surface area contributed by atoms with Crippen LogP contribution < -0.4 is 10.1 Å². The van der Waals surface area contributed by atoms with E-state index in [1.54, 1.807) is 13.0 Å². The summed E-state index contributed by atoms with van der Waals surface area (Å²) in [5.41, 5.74) is -0.256. The minimum Gasteiger partial charge on any atom is -0.488 e. The summed E-state index contributed by atoms with van der Waals surface area (Å²) in [4.78, 5) is 0. The molecule has 0 aliphatic carbocycles. The van der Waals surface area contributed by atoms with Crippen molar-refractivity contribution in [1.29, 1.82) is 0 Å². The van der Waals surface area contributed by atoms with Crippen LogP contribution in [0.25, 0.3) is 0 Å². The molecule has 18 heavy (non-hydrogen) atoms. The van der Waals surface area contributed by atoms with Gasteiger partial charge in [-0.25, -0.2) is 4.39 Å². The van der Waals surface area contributed by atoms with Gasteiger partial charge in [-0.2, -0.15) is 0 Å². The van der Waals surface area contributed by atoms with Gasteiger partial charge in [-0.3, -0.25) is 0 Å². The Morgan fingerprint density at radius 1 is 1.56 bits per heavy atom. The van der Waals surface area contributed by atoms with Gasteiger partial charge >= 0.3 is 0 Å². The average Bonchev–Trinajstić information content (AvgIpc) is 2.70. The molecule has 4 nitrogen and oxygen atoms in total. The van der Waals surface area contributed by atoms with Crippen LogP contribution in [0, 0.1) is 5.82 Å². The second kappa shape index (κ2) is 5.22. The Kier molecular flexibility index (Phi) is 3.85. The molecule has 100 valence electrons. The zero-order valence-corrected chi connectivity index (χ0v) is 10.3. The second-order valence-corrected chi connectivity index (χ2v) is 4.98. The second-order valence-electron chi connectivity index (χ2n) is 4.98. The molecular formula is C13H18FNO3. The smallest absolute Gasteiger partial charge is 0.123 e. The first-order valence-corrected chi connectivity index (χ1v) is 5.99. The van der Waals surface area contributed by atoms with Crippen LogP contribution in [0.4, 0.5) is 4.39 Å². The van der Waals surface area contributed by atoms with Gasteiger partial charge in [0.1, 0.15) is 17.7 Å². The summed E-state index contributed by atoms with van der Waals surface area (Å²) in [7, 11) is 0. The van der Waals surface area contributed by atoms with Crippen LogP contribution in [0.5, 0.6) is 5.75 Å². The van der Waals surface area contributed by atoms with E-state index in [4.69, 9.17) is 9.84 Å². The van der Waals surface area contributed by atoms with E-state index >= 15 is 0 Å². The molecule has 2 rings (SSSR count). The van der Waals surface area contributed by atoms with Crippen LogP contribution in [0.2, 0.25) is 0 Å². The van der Waals surface area contributed by atoms with Gasteiger partial charge in [-0.05, 0) is 25.1 Å². The first-order valence-electron chi connectivity index (χ1n) is 5.99. The molecule has 0 saturated heterocycles. The highest BCUT2D eigenvalue weighted by molar-refractivity contribution is 5.37. The van der Waals surface area contributed by atoms with Gasteiger partial charge in [0.25, 0.3) is 0 Å². The fourth-order valence-corrected chi connectivity index (χ4v) is 1.96. The number of hydrogen-bond donors (Lipinski definition) is 3. The lowest BCUT2D eigenvalue weighted by Crippen LogP contribution is -2.43. The summed E-state index contributed by atoms with van der Waals surface area (Å²) >= 11 is 0. The van der Waals surface area contributed by atoms with E-state index < -0.39 is 5.60 Å². The molecule has 2 atom stereocenters. The van der Waals surface area contributed by atoms with Gasteiger partial charge in [0.2, 0.25) is 0 Å². The number of ether oxygens (including phenoxy) is 1. The highest BCUT2D eigenvalue weighted by atomic mass is 19.1. The van der Waals surface area contributed by atoms with Crippen LogP contribution in [0.3, 0.4) is 0 Å². The Balaban J connectivity index is 1.81. The topological polar surface area (TPSA) is 61.7 Å². The van der Waals surface area contributed by atoms with E-state index in [0.29, 0.717) is 13.0 Å². The number of aliphatic hydroxyl groups is 2. The lowest BCUT2D eigenvalue weighted by molar-refractivity contribution is 0.00151. The molecule has 3 N–H and O–H groups in total. The number of hydrogen-bond acceptors (Lipinski definition) is 4. The molecule has 1 aliphatic rings. The summed E-state index contributed by atoms with van der Waals surface area (Å²) < 4.78 is 18.6.